The Kier molecular flexibility index (Phi) is 27.7. The predicted molar refractivity (Wildman–Crippen MR) is 389 cm³/mol. The van der Waals surface area contributed by atoms with Crippen LogP contribution in [-0.2, 0) is 11.3 Å². The Morgan fingerprint density at radius 3 is 1.20 bits per heavy atom. The van der Waals surface area contributed by atoms with Crippen LogP contribution in [0.1, 0.15) is 112 Å². The van der Waals surface area contributed by atoms with Crippen LogP contribution >= 0.6 is 69.6 Å². The number of carboxylic acids is 2. The Morgan fingerprint density at radius 1 is 0.417 bits per heavy atom. The number of carbonyl (C=O) groups excluding carboxylic acids is 1. The topological polar surface area (TPSA) is 148 Å². The zero-order valence-electron chi connectivity index (χ0n) is 54.8. The molecule has 15 nitrogen and oxygen atoms in total. The second-order valence-electron chi connectivity index (χ2n) is 26.4. The molecule has 6 aromatic rings. The summed E-state index contributed by atoms with van der Waals surface area (Å²) in [6, 6.07) is 39.4. The van der Waals surface area contributed by atoms with Crippen LogP contribution in [0.5, 0.6) is 23.0 Å². The number of benzene rings is 6. The highest BCUT2D eigenvalue weighted by molar-refractivity contribution is 6.43. The summed E-state index contributed by atoms with van der Waals surface area (Å²) in [5, 5.41) is 21.2. The summed E-state index contributed by atoms with van der Waals surface area (Å²) in [4.78, 5) is 48.7. The van der Waals surface area contributed by atoms with Gasteiger partial charge in [0.15, 0.2) is 12.4 Å². The molecule has 6 aliphatic heterocycles. The average molecular weight is 1430 g/mol. The van der Waals surface area contributed by atoms with Gasteiger partial charge in [0.1, 0.15) is 41.3 Å². The maximum absolute atomic E-state index is 11.9. The zero-order valence-corrected chi connectivity index (χ0v) is 59.3. The lowest BCUT2D eigenvalue weighted by Gasteiger charge is -2.38. The minimum absolute atomic E-state index is 0. The molecule has 96 heavy (non-hydrogen) atoms. The third-order valence-corrected chi connectivity index (χ3v) is 21.7. The number of aromatic carboxylic acids is 1. The average Bonchev–Trinajstić information content (AvgIpc) is 1.11. The van der Waals surface area contributed by atoms with Gasteiger partial charge in [-0.2, -0.15) is 0 Å². The summed E-state index contributed by atoms with van der Waals surface area (Å²) in [6.07, 6.45) is 13.9. The van der Waals surface area contributed by atoms with Crippen LogP contribution in [0.3, 0.4) is 0 Å². The number of carbonyl (C=O) groups is 3. The van der Waals surface area contributed by atoms with Crippen LogP contribution < -0.4 is 28.7 Å². The van der Waals surface area contributed by atoms with Crippen LogP contribution in [0, 0.1) is 17.8 Å². The maximum Gasteiger partial charge on any atom is 0.341 e. The van der Waals surface area contributed by atoms with Gasteiger partial charge in [0, 0.05) is 128 Å². The summed E-state index contributed by atoms with van der Waals surface area (Å²) in [6.45, 7) is 18.3. The number of nitrogens with zero attached hydrogens (tertiary/aromatic N) is 6. The van der Waals surface area contributed by atoms with E-state index >= 15 is 0 Å². The van der Waals surface area contributed by atoms with Crippen LogP contribution in [0.25, 0.3) is 0 Å². The molecule has 12 rings (SSSR count). The van der Waals surface area contributed by atoms with E-state index < -0.39 is 11.9 Å². The molecule has 6 aromatic carbocycles. The van der Waals surface area contributed by atoms with Crippen molar-refractivity contribution in [3.63, 3.8) is 0 Å². The molecule has 2 N–H and O–H groups in total. The van der Waals surface area contributed by atoms with Gasteiger partial charge in [-0.15, -0.1) is 0 Å². The van der Waals surface area contributed by atoms with Gasteiger partial charge in [-0.05, 0) is 199 Å². The highest BCUT2D eigenvalue weighted by Gasteiger charge is 2.30. The van der Waals surface area contributed by atoms with Gasteiger partial charge < -0.3 is 53.7 Å². The second-order valence-corrected chi connectivity index (χ2v) is 28.8. The molecule has 0 unspecified atom stereocenters. The number of halogens is 6. The summed E-state index contributed by atoms with van der Waals surface area (Å²) in [5.41, 5.74) is 4.55. The highest BCUT2D eigenvalue weighted by atomic mass is 35.5. The minimum Gasteiger partial charge on any atom is -0.490 e. The molecular weight excluding hydrogens is 1340 g/mol. The normalized spacial score (nSPS) is 18.8. The number of piperidine rings is 6. The van der Waals surface area contributed by atoms with E-state index in [4.69, 9.17) is 93.7 Å². The fraction of sp³-hybridized carbons (Fsp3) is 0.480. The molecule has 0 atom stereocenters. The number of ketones is 1. The number of anilines is 2. The number of ether oxygens (including phenoxy) is 4. The number of carboxylic acid groups (broad SMARTS) is 2. The van der Waals surface area contributed by atoms with Crippen molar-refractivity contribution in [2.75, 3.05) is 115 Å². The molecule has 21 heteroatoms. The lowest BCUT2D eigenvalue weighted by atomic mass is 9.94. The highest BCUT2D eigenvalue weighted by Crippen LogP contribution is 2.34. The summed E-state index contributed by atoms with van der Waals surface area (Å²) in [7, 11) is 0. The van der Waals surface area contributed by atoms with E-state index in [0.29, 0.717) is 53.3 Å². The molecule has 6 saturated heterocycles. The molecule has 0 amide bonds. The van der Waals surface area contributed by atoms with E-state index in [9.17, 15) is 19.5 Å². The molecule has 6 fully saturated rings. The minimum atomic E-state index is -0.968. The van der Waals surface area contributed by atoms with Crippen molar-refractivity contribution in [1.29, 1.82) is 0 Å². The number of Topliss-reactive ketones (excluding diaryl/α,β-unsaturated/α-hetero) is 1. The molecule has 0 aromatic heterocycles. The fourth-order valence-electron chi connectivity index (χ4n) is 14.0. The monoisotopic (exact) mass is 1430 g/mol. The van der Waals surface area contributed by atoms with Gasteiger partial charge >= 0.3 is 11.9 Å². The van der Waals surface area contributed by atoms with Crippen molar-refractivity contribution in [3.8, 4) is 23.0 Å². The number of rotatable bonds is 21. The van der Waals surface area contributed by atoms with Crippen molar-refractivity contribution in [3.05, 3.63) is 174 Å². The lowest BCUT2D eigenvalue weighted by Crippen LogP contribution is -2.43. The number of hydrogen-bond donors (Lipinski definition) is 2. The van der Waals surface area contributed by atoms with Crippen LogP contribution in [-0.4, -0.2) is 171 Å². The van der Waals surface area contributed by atoms with Gasteiger partial charge in [-0.1, -0.05) is 99.9 Å². The number of likely N-dealkylation sites (tertiary alicyclic amines) is 4. The smallest absolute Gasteiger partial charge is 0.341 e. The van der Waals surface area contributed by atoms with E-state index in [0.717, 1.165) is 195 Å². The maximum atomic E-state index is 11.9. The van der Waals surface area contributed by atoms with Crippen LogP contribution in [0.15, 0.2) is 127 Å². The first kappa shape index (κ1) is 73.0. The molecule has 0 spiro atoms. The van der Waals surface area contributed by atoms with E-state index in [1.54, 1.807) is 55.5 Å². The first-order chi connectivity index (χ1) is 46.4. The Hall–Kier alpha value is -5.69. The van der Waals surface area contributed by atoms with Crippen LogP contribution in [0.4, 0.5) is 11.4 Å². The third kappa shape index (κ3) is 22.4. The predicted octanol–water partition coefficient (Wildman–Crippen LogP) is 16.9. The molecule has 0 saturated carbocycles. The Labute approximate surface area is 597 Å². The van der Waals surface area contributed by atoms with Crippen molar-refractivity contribution >= 4 is 98.7 Å². The zero-order chi connectivity index (χ0) is 67.5. The third-order valence-electron chi connectivity index (χ3n) is 19.5. The van der Waals surface area contributed by atoms with Gasteiger partial charge in [-0.3, -0.25) is 9.69 Å². The molecule has 518 valence electrons. The molecule has 6 aliphatic rings. The molecule has 0 radical (unpaired) electrons. The Morgan fingerprint density at radius 2 is 0.802 bits per heavy atom. The van der Waals surface area contributed by atoms with E-state index in [1.807, 2.05) is 72.8 Å². The molecular formula is C75H92Cl6N6O9. The van der Waals surface area contributed by atoms with Crippen molar-refractivity contribution in [2.24, 2.45) is 17.8 Å². The molecule has 6 heterocycles. The first-order valence-corrected chi connectivity index (χ1v) is 36.3. The summed E-state index contributed by atoms with van der Waals surface area (Å²) >= 11 is 36.2. The van der Waals surface area contributed by atoms with Crippen molar-refractivity contribution in [2.45, 2.75) is 109 Å². The lowest BCUT2D eigenvalue weighted by molar-refractivity contribution is -0.139. The van der Waals surface area contributed by atoms with Gasteiger partial charge in [0.05, 0.1) is 35.7 Å². The van der Waals surface area contributed by atoms with E-state index in [2.05, 4.69) is 35.5 Å². The van der Waals surface area contributed by atoms with Crippen molar-refractivity contribution in [1.82, 2.24) is 19.6 Å². The van der Waals surface area contributed by atoms with E-state index in [-0.39, 0.29) is 32.1 Å². The molecule has 0 aliphatic carbocycles. The number of aliphatic carboxylic acids is 1. The Bertz CT molecular complexity index is 3480. The summed E-state index contributed by atoms with van der Waals surface area (Å²) < 4.78 is 23.6. The Balaban J connectivity index is 0.000000170. The standard InChI is InChI=1S/C26H32Cl2N2O2.C25H30Cl2N2O4.C24H28Cl2N2O3.H2/c1-19(31)24-5-3-2-4-21(24)18-30-12-8-20(9-13-30)17-29-14-10-22(11-15-29)32-23-6-7-25(27)26(28)16-23;26-23-6-5-22(15-24(23)27)33-21-9-11-28(12-10-21)16-18-7-13-29(14-8-18)19-1-3-20(4-2-19)32-17-25(30)31;25-22-5-4-21(15-23(22)26)31-20-8-10-27(11-9-20)16-17-6-12-28(13-7-17)19-3-1-2-18(14-19)24(29)30;/h2-7,16,20,22H,8-15,17-18H2,1H3;1-6,15,18,21H,7-14,16-17H2,(H,30,31);1-5,14-15,17,20H,6-13,16H2,(H,29,30);1H. The molecule has 0 bridgehead atoms. The summed E-state index contributed by atoms with van der Waals surface area (Å²) in [5.74, 6) is 3.43. The quantitative estimate of drug-likeness (QED) is 0.0658. The van der Waals surface area contributed by atoms with Crippen molar-refractivity contribution < 1.29 is 45.0 Å². The number of hydrogen-bond acceptors (Lipinski definition) is 13. The van der Waals surface area contributed by atoms with Crippen LogP contribution in [0.2, 0.25) is 30.1 Å². The first-order valence-electron chi connectivity index (χ1n) is 34.0. The van der Waals surface area contributed by atoms with Gasteiger partial charge in [-0.25, -0.2) is 9.59 Å². The fourth-order valence-corrected chi connectivity index (χ4v) is 14.9. The van der Waals surface area contributed by atoms with Gasteiger partial charge in [0.2, 0.25) is 0 Å². The second kappa shape index (κ2) is 36.4. The van der Waals surface area contributed by atoms with Gasteiger partial charge in [0.25, 0.3) is 0 Å². The largest absolute Gasteiger partial charge is 0.490 e. The van der Waals surface area contributed by atoms with E-state index in [1.165, 1.54) is 32.2 Å². The SMILES string of the molecule is CC(=O)c1ccccc1CN1CCC(CN2CCC(Oc3ccc(Cl)c(Cl)c3)CC2)CC1.O=C(O)COc1ccc(N2CCC(CN3CCC(Oc4ccc(Cl)c(Cl)c4)CC3)CC2)cc1.O=C(O)c1cccc(N2CCC(CN3CCC(Oc4ccc(Cl)c(Cl)c4)CC3)CC2)c1.[HH].